The van der Waals surface area contributed by atoms with Crippen LogP contribution in [0, 0.1) is 5.92 Å². The highest BCUT2D eigenvalue weighted by molar-refractivity contribution is 5.97. The number of carbonyl (C=O) groups is 2. The topological polar surface area (TPSA) is 49.4 Å². The molecule has 0 saturated heterocycles. The molecule has 1 aromatic carbocycles. The number of nitrogens with one attached hydrogen (secondary N) is 1. The Kier molecular flexibility index (Phi) is 5.54. The summed E-state index contributed by atoms with van der Waals surface area (Å²) in [6, 6.07) is 5.91. The van der Waals surface area contributed by atoms with Crippen LogP contribution < -0.4 is 10.2 Å². The number of benzene rings is 1. The van der Waals surface area contributed by atoms with E-state index in [2.05, 4.69) is 5.32 Å². The molecule has 0 spiro atoms. The van der Waals surface area contributed by atoms with Gasteiger partial charge < -0.3 is 10.2 Å². The molecule has 2 amide bonds. The summed E-state index contributed by atoms with van der Waals surface area (Å²) in [6.07, 6.45) is 9.51. The summed E-state index contributed by atoms with van der Waals surface area (Å²) >= 11 is 0. The predicted molar refractivity (Wildman–Crippen MR) is 97.2 cm³/mol. The standard InChI is InChI=1S/C20H28N2O2/c1-2-22-18-11-10-17(14-16(18)9-13-20(22)24)21-19(23)12-8-15-6-4-3-5-7-15/h10-11,14-15H,2-9,12-13H2,1H3,(H,21,23). The lowest BCUT2D eigenvalue weighted by molar-refractivity contribution is -0.119. The normalized spacial score (nSPS) is 18.4. The first-order valence-corrected chi connectivity index (χ1v) is 9.40. The van der Waals surface area contributed by atoms with Crippen molar-refractivity contribution in [2.75, 3.05) is 16.8 Å². The van der Waals surface area contributed by atoms with Crippen LogP contribution in [-0.4, -0.2) is 18.4 Å². The summed E-state index contributed by atoms with van der Waals surface area (Å²) in [6.45, 7) is 2.69. The Bertz CT molecular complexity index is 606. The highest BCUT2D eigenvalue weighted by Gasteiger charge is 2.23. The van der Waals surface area contributed by atoms with Gasteiger partial charge in [0.15, 0.2) is 0 Å². The Morgan fingerprint density at radius 2 is 2.00 bits per heavy atom. The maximum Gasteiger partial charge on any atom is 0.227 e. The maximum absolute atomic E-state index is 12.2. The van der Waals surface area contributed by atoms with Crippen LogP contribution in [0.5, 0.6) is 0 Å². The van der Waals surface area contributed by atoms with Crippen LogP contribution in [0.3, 0.4) is 0 Å². The van der Waals surface area contributed by atoms with Crippen molar-refractivity contribution < 1.29 is 9.59 Å². The van der Waals surface area contributed by atoms with Gasteiger partial charge in [0.05, 0.1) is 0 Å². The van der Waals surface area contributed by atoms with Crippen LogP contribution in [0.4, 0.5) is 11.4 Å². The second-order valence-corrected chi connectivity index (χ2v) is 7.07. The average molecular weight is 328 g/mol. The summed E-state index contributed by atoms with van der Waals surface area (Å²) < 4.78 is 0. The minimum Gasteiger partial charge on any atom is -0.326 e. The molecule has 2 aliphatic rings. The van der Waals surface area contributed by atoms with E-state index in [0.29, 0.717) is 19.4 Å². The van der Waals surface area contributed by atoms with Crippen molar-refractivity contribution >= 4 is 23.2 Å². The number of fused-ring (bicyclic) bond motifs is 1. The molecule has 130 valence electrons. The smallest absolute Gasteiger partial charge is 0.227 e. The third-order valence-corrected chi connectivity index (χ3v) is 5.38. The van der Waals surface area contributed by atoms with Gasteiger partial charge in [0.2, 0.25) is 11.8 Å². The molecule has 0 atom stereocenters. The fourth-order valence-electron chi connectivity index (χ4n) is 4.02. The van der Waals surface area contributed by atoms with Crippen molar-refractivity contribution in [1.29, 1.82) is 0 Å². The maximum atomic E-state index is 12.2. The van der Waals surface area contributed by atoms with Crippen LogP contribution in [-0.2, 0) is 16.0 Å². The molecule has 1 aromatic rings. The number of aryl methyl sites for hydroxylation is 1. The molecule has 1 N–H and O–H groups in total. The largest absolute Gasteiger partial charge is 0.326 e. The van der Waals surface area contributed by atoms with Crippen molar-refractivity contribution in [3.8, 4) is 0 Å². The molecule has 4 nitrogen and oxygen atoms in total. The highest BCUT2D eigenvalue weighted by atomic mass is 16.2. The summed E-state index contributed by atoms with van der Waals surface area (Å²) in [5, 5.41) is 3.03. The van der Waals surface area contributed by atoms with Crippen molar-refractivity contribution in [3.05, 3.63) is 23.8 Å². The number of nitrogens with zero attached hydrogens (tertiary/aromatic N) is 1. The van der Waals surface area contributed by atoms with Gasteiger partial charge in [-0.3, -0.25) is 9.59 Å². The Labute approximate surface area is 144 Å². The van der Waals surface area contributed by atoms with E-state index >= 15 is 0 Å². The molecule has 0 aromatic heterocycles. The average Bonchev–Trinajstić information content (AvgIpc) is 2.61. The zero-order valence-corrected chi connectivity index (χ0v) is 14.6. The first-order valence-electron chi connectivity index (χ1n) is 9.40. The third-order valence-electron chi connectivity index (χ3n) is 5.38. The van der Waals surface area contributed by atoms with Crippen molar-refractivity contribution in [1.82, 2.24) is 0 Å². The zero-order chi connectivity index (χ0) is 16.9. The molecule has 0 bridgehead atoms. The van der Waals surface area contributed by atoms with E-state index < -0.39 is 0 Å². The Morgan fingerprint density at radius 1 is 1.21 bits per heavy atom. The van der Waals surface area contributed by atoms with E-state index in [0.717, 1.165) is 35.7 Å². The number of carbonyl (C=O) groups excluding carboxylic acids is 2. The number of hydrogen-bond donors (Lipinski definition) is 1. The van der Waals surface area contributed by atoms with E-state index in [1.807, 2.05) is 30.0 Å². The fourth-order valence-corrected chi connectivity index (χ4v) is 4.02. The van der Waals surface area contributed by atoms with Crippen LogP contribution in [0.25, 0.3) is 0 Å². The molecule has 3 rings (SSSR count). The molecule has 1 aliphatic heterocycles. The molecule has 0 radical (unpaired) electrons. The van der Waals surface area contributed by atoms with Gasteiger partial charge in [-0.2, -0.15) is 0 Å². The first kappa shape index (κ1) is 17.0. The molecule has 1 aliphatic carbocycles. The van der Waals surface area contributed by atoms with Crippen LogP contribution >= 0.6 is 0 Å². The highest BCUT2D eigenvalue weighted by Crippen LogP contribution is 2.31. The molecule has 1 saturated carbocycles. The molecule has 24 heavy (non-hydrogen) atoms. The quantitative estimate of drug-likeness (QED) is 0.877. The van der Waals surface area contributed by atoms with E-state index in [4.69, 9.17) is 0 Å². The summed E-state index contributed by atoms with van der Waals surface area (Å²) in [4.78, 5) is 26.0. The fraction of sp³-hybridized carbons (Fsp3) is 0.600. The second kappa shape index (κ2) is 7.82. The molecular weight excluding hydrogens is 300 g/mol. The SMILES string of the molecule is CCN1C(=O)CCc2cc(NC(=O)CCC3CCCCC3)ccc21. The van der Waals surface area contributed by atoms with Gasteiger partial charge in [-0.05, 0) is 49.4 Å². The minimum atomic E-state index is 0.111. The van der Waals surface area contributed by atoms with Crippen LogP contribution in [0.15, 0.2) is 18.2 Å². The second-order valence-electron chi connectivity index (χ2n) is 7.07. The number of anilines is 2. The van der Waals surface area contributed by atoms with Gasteiger partial charge >= 0.3 is 0 Å². The number of amides is 2. The van der Waals surface area contributed by atoms with E-state index in [1.54, 1.807) is 0 Å². The van der Waals surface area contributed by atoms with Gasteiger partial charge in [-0.25, -0.2) is 0 Å². The predicted octanol–water partition coefficient (Wildman–Crippen LogP) is 4.28. The van der Waals surface area contributed by atoms with Gasteiger partial charge in [-0.1, -0.05) is 32.1 Å². The minimum absolute atomic E-state index is 0.111. The zero-order valence-electron chi connectivity index (χ0n) is 14.6. The molecule has 0 unspecified atom stereocenters. The van der Waals surface area contributed by atoms with Gasteiger partial charge in [-0.15, -0.1) is 0 Å². The molecule has 1 fully saturated rings. The van der Waals surface area contributed by atoms with Crippen molar-refractivity contribution in [2.45, 2.75) is 64.7 Å². The monoisotopic (exact) mass is 328 g/mol. The summed E-state index contributed by atoms with van der Waals surface area (Å²) in [5.41, 5.74) is 3.00. The number of hydrogen-bond acceptors (Lipinski definition) is 2. The van der Waals surface area contributed by atoms with Gasteiger partial charge in [0.1, 0.15) is 0 Å². The Morgan fingerprint density at radius 3 is 2.75 bits per heavy atom. The summed E-state index contributed by atoms with van der Waals surface area (Å²) in [7, 11) is 0. The van der Waals surface area contributed by atoms with E-state index in [-0.39, 0.29) is 11.8 Å². The summed E-state index contributed by atoms with van der Waals surface area (Å²) in [5.74, 6) is 1.03. The van der Waals surface area contributed by atoms with E-state index in [1.165, 1.54) is 32.1 Å². The van der Waals surface area contributed by atoms with Crippen LogP contribution in [0.2, 0.25) is 0 Å². The Hall–Kier alpha value is -1.84. The third kappa shape index (κ3) is 3.97. The van der Waals surface area contributed by atoms with Gasteiger partial charge in [0.25, 0.3) is 0 Å². The van der Waals surface area contributed by atoms with Crippen molar-refractivity contribution in [2.24, 2.45) is 5.92 Å². The Balaban J connectivity index is 1.57. The van der Waals surface area contributed by atoms with E-state index in [9.17, 15) is 9.59 Å². The van der Waals surface area contributed by atoms with Crippen molar-refractivity contribution in [3.63, 3.8) is 0 Å². The van der Waals surface area contributed by atoms with Gasteiger partial charge in [0, 0.05) is 30.8 Å². The molecule has 1 heterocycles. The first-order chi connectivity index (χ1) is 11.7. The van der Waals surface area contributed by atoms with Crippen LogP contribution in [0.1, 0.15) is 63.9 Å². The molecular formula is C20H28N2O2. The number of rotatable bonds is 5. The lowest BCUT2D eigenvalue weighted by Gasteiger charge is -2.28. The lowest BCUT2D eigenvalue weighted by atomic mass is 9.86. The lowest BCUT2D eigenvalue weighted by Crippen LogP contribution is -2.34. The molecule has 4 heteroatoms.